The molecule has 0 bridgehead atoms. The molecule has 1 amide bonds. The quantitative estimate of drug-likeness (QED) is 0.797. The molecule has 2 heterocycles. The molecule has 0 aromatic heterocycles. The molecule has 3 rings (SSSR count). The van der Waals surface area contributed by atoms with Gasteiger partial charge in [0.2, 0.25) is 0 Å². The molecular formula is C17H24N2O2. The smallest absolute Gasteiger partial charge is 0.407 e. The standard InChI is InChI=1S/C17H24N2O2/c1-16(2,3)19-12-13-6-4-5-7-14(13)17(19)8-10-18(11-9-17)15(20)21/h4-7H,8-12H2,1-3H3,(H,20,21). The van der Waals surface area contributed by atoms with Crippen molar-refractivity contribution in [1.82, 2.24) is 9.80 Å². The van der Waals surface area contributed by atoms with Crippen LogP contribution in [0.5, 0.6) is 0 Å². The summed E-state index contributed by atoms with van der Waals surface area (Å²) < 4.78 is 0. The van der Waals surface area contributed by atoms with E-state index in [0.29, 0.717) is 13.1 Å². The van der Waals surface area contributed by atoms with E-state index in [9.17, 15) is 9.90 Å². The summed E-state index contributed by atoms with van der Waals surface area (Å²) in [6.45, 7) is 8.97. The normalized spacial score (nSPS) is 21.6. The van der Waals surface area contributed by atoms with Crippen molar-refractivity contribution in [1.29, 1.82) is 0 Å². The summed E-state index contributed by atoms with van der Waals surface area (Å²) in [6.07, 6.45) is 0.972. The maximum Gasteiger partial charge on any atom is 0.407 e. The van der Waals surface area contributed by atoms with Crippen LogP contribution in [0.25, 0.3) is 0 Å². The van der Waals surface area contributed by atoms with E-state index in [1.807, 2.05) is 0 Å². The predicted molar refractivity (Wildman–Crippen MR) is 82.2 cm³/mol. The van der Waals surface area contributed by atoms with Gasteiger partial charge in [-0.15, -0.1) is 0 Å². The highest BCUT2D eigenvalue weighted by molar-refractivity contribution is 5.65. The Kier molecular flexibility index (Phi) is 3.24. The molecule has 0 atom stereocenters. The second kappa shape index (κ2) is 4.73. The molecule has 4 nitrogen and oxygen atoms in total. The van der Waals surface area contributed by atoms with E-state index in [1.165, 1.54) is 11.1 Å². The molecular weight excluding hydrogens is 264 g/mol. The number of nitrogens with zero attached hydrogens (tertiary/aromatic N) is 2. The third-order valence-corrected chi connectivity index (χ3v) is 5.03. The van der Waals surface area contributed by atoms with Crippen LogP contribution in [0.4, 0.5) is 4.79 Å². The number of hydrogen-bond acceptors (Lipinski definition) is 2. The van der Waals surface area contributed by atoms with Crippen LogP contribution >= 0.6 is 0 Å². The van der Waals surface area contributed by atoms with E-state index in [1.54, 1.807) is 4.90 Å². The van der Waals surface area contributed by atoms with Gasteiger partial charge in [-0.1, -0.05) is 24.3 Å². The average molecular weight is 288 g/mol. The maximum atomic E-state index is 11.2. The lowest BCUT2D eigenvalue weighted by Gasteiger charge is -2.50. The fraction of sp³-hybridized carbons (Fsp3) is 0.588. The molecule has 1 aromatic carbocycles. The van der Waals surface area contributed by atoms with Crippen molar-refractivity contribution in [2.75, 3.05) is 13.1 Å². The molecule has 1 fully saturated rings. The number of rotatable bonds is 0. The Bertz CT molecular complexity index is 554. The minimum Gasteiger partial charge on any atom is -0.465 e. The number of amides is 1. The summed E-state index contributed by atoms with van der Waals surface area (Å²) in [5.74, 6) is 0. The van der Waals surface area contributed by atoms with Crippen LogP contribution in [0.2, 0.25) is 0 Å². The van der Waals surface area contributed by atoms with Crippen molar-refractivity contribution in [3.05, 3.63) is 35.4 Å². The van der Waals surface area contributed by atoms with Gasteiger partial charge in [0.05, 0.1) is 5.54 Å². The molecule has 2 aliphatic rings. The summed E-state index contributed by atoms with van der Waals surface area (Å²) in [5.41, 5.74) is 2.88. The Morgan fingerprint density at radius 1 is 1.19 bits per heavy atom. The topological polar surface area (TPSA) is 43.8 Å². The van der Waals surface area contributed by atoms with Crippen LogP contribution in [0, 0.1) is 0 Å². The van der Waals surface area contributed by atoms with E-state index in [0.717, 1.165) is 19.4 Å². The van der Waals surface area contributed by atoms with Crippen LogP contribution < -0.4 is 0 Å². The molecule has 1 saturated heterocycles. The van der Waals surface area contributed by atoms with Gasteiger partial charge in [0.25, 0.3) is 0 Å². The Morgan fingerprint density at radius 3 is 2.38 bits per heavy atom. The van der Waals surface area contributed by atoms with Gasteiger partial charge in [-0.2, -0.15) is 0 Å². The van der Waals surface area contributed by atoms with Crippen molar-refractivity contribution < 1.29 is 9.90 Å². The molecule has 0 radical (unpaired) electrons. The fourth-order valence-corrected chi connectivity index (χ4v) is 4.07. The third-order valence-electron chi connectivity index (χ3n) is 5.03. The van der Waals surface area contributed by atoms with Gasteiger partial charge in [-0.25, -0.2) is 4.79 Å². The Balaban J connectivity index is 1.99. The lowest BCUT2D eigenvalue weighted by molar-refractivity contribution is -0.0274. The minimum atomic E-state index is -0.793. The molecule has 21 heavy (non-hydrogen) atoms. The highest BCUT2D eigenvalue weighted by atomic mass is 16.4. The zero-order valence-corrected chi connectivity index (χ0v) is 13.1. The lowest BCUT2D eigenvalue weighted by Crippen LogP contribution is -2.56. The first-order valence-electron chi connectivity index (χ1n) is 7.69. The van der Waals surface area contributed by atoms with Gasteiger partial charge in [0.1, 0.15) is 0 Å². The Morgan fingerprint density at radius 2 is 1.81 bits per heavy atom. The zero-order valence-electron chi connectivity index (χ0n) is 13.1. The summed E-state index contributed by atoms with van der Waals surface area (Å²) in [4.78, 5) is 15.3. The van der Waals surface area contributed by atoms with Gasteiger partial charge in [0.15, 0.2) is 0 Å². The second-order valence-corrected chi connectivity index (χ2v) is 7.22. The summed E-state index contributed by atoms with van der Waals surface area (Å²) >= 11 is 0. The van der Waals surface area contributed by atoms with Gasteiger partial charge >= 0.3 is 6.09 Å². The van der Waals surface area contributed by atoms with Crippen LogP contribution in [-0.2, 0) is 12.1 Å². The highest BCUT2D eigenvalue weighted by Crippen LogP contribution is 2.49. The molecule has 2 aliphatic heterocycles. The largest absolute Gasteiger partial charge is 0.465 e. The van der Waals surface area contributed by atoms with Crippen LogP contribution in [-0.4, -0.2) is 39.6 Å². The van der Waals surface area contributed by atoms with Crippen molar-refractivity contribution in [2.45, 2.75) is 51.2 Å². The monoisotopic (exact) mass is 288 g/mol. The number of benzene rings is 1. The van der Waals surface area contributed by atoms with E-state index >= 15 is 0 Å². The molecule has 4 heteroatoms. The number of piperidine rings is 1. The predicted octanol–water partition coefficient (Wildman–Crippen LogP) is 3.27. The third kappa shape index (κ3) is 2.22. The first-order chi connectivity index (χ1) is 9.84. The number of carbonyl (C=O) groups is 1. The molecule has 0 unspecified atom stereocenters. The van der Waals surface area contributed by atoms with Gasteiger partial charge < -0.3 is 10.0 Å². The Labute approximate surface area is 126 Å². The average Bonchev–Trinajstić information content (AvgIpc) is 2.75. The first kappa shape index (κ1) is 14.4. The lowest BCUT2D eigenvalue weighted by atomic mass is 9.79. The molecule has 1 N–H and O–H groups in total. The van der Waals surface area contributed by atoms with E-state index < -0.39 is 6.09 Å². The molecule has 0 aliphatic carbocycles. The first-order valence-corrected chi connectivity index (χ1v) is 7.69. The Hall–Kier alpha value is -1.55. The summed E-state index contributed by atoms with van der Waals surface area (Å²) in [7, 11) is 0. The maximum absolute atomic E-state index is 11.2. The van der Waals surface area contributed by atoms with Crippen molar-refractivity contribution >= 4 is 6.09 Å². The van der Waals surface area contributed by atoms with Gasteiger partial charge in [0, 0.05) is 25.2 Å². The number of hydrogen-bond donors (Lipinski definition) is 1. The number of fused-ring (bicyclic) bond motifs is 2. The van der Waals surface area contributed by atoms with E-state index in [-0.39, 0.29) is 11.1 Å². The van der Waals surface area contributed by atoms with E-state index in [4.69, 9.17) is 0 Å². The second-order valence-electron chi connectivity index (χ2n) is 7.22. The summed E-state index contributed by atoms with van der Waals surface area (Å²) in [5, 5.41) is 9.20. The van der Waals surface area contributed by atoms with Crippen LogP contribution in [0.15, 0.2) is 24.3 Å². The molecule has 1 aromatic rings. The number of likely N-dealkylation sites (tertiary alicyclic amines) is 1. The van der Waals surface area contributed by atoms with Gasteiger partial charge in [-0.05, 0) is 44.7 Å². The SMILES string of the molecule is CC(C)(C)N1Cc2ccccc2C12CCN(C(=O)O)CC2. The highest BCUT2D eigenvalue weighted by Gasteiger charge is 2.50. The summed E-state index contributed by atoms with van der Waals surface area (Å²) in [6, 6.07) is 8.66. The van der Waals surface area contributed by atoms with E-state index in [2.05, 4.69) is 49.9 Å². The number of carboxylic acid groups (broad SMARTS) is 1. The van der Waals surface area contributed by atoms with Crippen molar-refractivity contribution in [3.63, 3.8) is 0 Å². The minimum absolute atomic E-state index is 0.000787. The molecule has 0 saturated carbocycles. The molecule has 114 valence electrons. The van der Waals surface area contributed by atoms with Crippen LogP contribution in [0.1, 0.15) is 44.7 Å². The fourth-order valence-electron chi connectivity index (χ4n) is 4.07. The van der Waals surface area contributed by atoms with Crippen molar-refractivity contribution in [2.24, 2.45) is 0 Å². The molecule has 1 spiro atoms. The van der Waals surface area contributed by atoms with Crippen LogP contribution in [0.3, 0.4) is 0 Å². The van der Waals surface area contributed by atoms with Gasteiger partial charge in [-0.3, -0.25) is 4.90 Å². The van der Waals surface area contributed by atoms with Crippen molar-refractivity contribution in [3.8, 4) is 0 Å². The zero-order chi connectivity index (χ0) is 15.3.